The first-order valence-electron chi connectivity index (χ1n) is 3.43. The first-order valence-corrected chi connectivity index (χ1v) is 3.43. The van der Waals surface area contributed by atoms with Gasteiger partial charge in [0.2, 0.25) is 0 Å². The Morgan fingerprint density at radius 3 is 2.25 bits per heavy atom. The topological polar surface area (TPSA) is 52.0 Å². The maximum atomic E-state index is 5.38. The largest absolute Gasteiger partial charge is 0.444 e. The Kier molecular flexibility index (Phi) is 7.48. The minimum absolute atomic E-state index is 0. The van der Waals surface area contributed by atoms with Crippen molar-refractivity contribution in [2.24, 2.45) is 5.73 Å². The summed E-state index contributed by atoms with van der Waals surface area (Å²) in [6, 6.07) is 0. The molecule has 12 heavy (non-hydrogen) atoms. The molecular weight excluding hydrogens is 199 g/mol. The molecule has 72 valence electrons. The zero-order valence-electron chi connectivity index (χ0n) is 7.16. The number of aryl methyl sites for hydroxylation is 2. The smallest absolute Gasteiger partial charge is 0.194 e. The van der Waals surface area contributed by atoms with E-state index < -0.39 is 0 Å². The molecule has 1 aromatic rings. The van der Waals surface area contributed by atoms with E-state index in [2.05, 4.69) is 4.98 Å². The summed E-state index contributed by atoms with van der Waals surface area (Å²) >= 11 is 0. The van der Waals surface area contributed by atoms with E-state index in [0.717, 1.165) is 23.8 Å². The van der Waals surface area contributed by atoms with E-state index in [1.54, 1.807) is 0 Å². The molecule has 0 fully saturated rings. The van der Waals surface area contributed by atoms with Crippen molar-refractivity contribution in [3.8, 4) is 0 Å². The first-order chi connectivity index (χ1) is 4.77. The second-order valence-corrected chi connectivity index (χ2v) is 2.17. The molecule has 3 nitrogen and oxygen atoms in total. The minimum Gasteiger partial charge on any atom is -0.444 e. The lowest BCUT2D eigenvalue weighted by molar-refractivity contribution is 0.460. The van der Waals surface area contributed by atoms with Crippen molar-refractivity contribution in [1.82, 2.24) is 4.98 Å². The van der Waals surface area contributed by atoms with Crippen molar-refractivity contribution in [3.63, 3.8) is 0 Å². The summed E-state index contributed by atoms with van der Waals surface area (Å²) in [6.07, 6.45) is 0.834. The third-order valence-electron chi connectivity index (χ3n) is 1.42. The van der Waals surface area contributed by atoms with Crippen molar-refractivity contribution in [1.29, 1.82) is 0 Å². The minimum atomic E-state index is 0. The van der Waals surface area contributed by atoms with Gasteiger partial charge in [0.1, 0.15) is 5.76 Å². The molecule has 0 unspecified atom stereocenters. The molecule has 0 spiro atoms. The molecule has 0 saturated heterocycles. The fraction of sp³-hybridized carbons (Fsp3) is 0.571. The quantitative estimate of drug-likeness (QED) is 0.815. The molecule has 5 heteroatoms. The van der Waals surface area contributed by atoms with Crippen LogP contribution in [0.4, 0.5) is 0 Å². The number of aromatic nitrogens is 1. The number of hydrogen-bond acceptors (Lipinski definition) is 3. The third kappa shape index (κ3) is 3.01. The highest BCUT2D eigenvalue weighted by Gasteiger charge is 2.04. The molecule has 1 rings (SSSR count). The van der Waals surface area contributed by atoms with E-state index in [-0.39, 0.29) is 24.8 Å². The maximum Gasteiger partial charge on any atom is 0.194 e. The van der Waals surface area contributed by atoms with Crippen LogP contribution in [0.15, 0.2) is 4.42 Å². The van der Waals surface area contributed by atoms with Crippen molar-refractivity contribution in [2.75, 3.05) is 0 Å². The summed E-state index contributed by atoms with van der Waals surface area (Å²) in [6.45, 7) is 4.36. The van der Waals surface area contributed by atoms with Gasteiger partial charge in [-0.05, 0) is 6.92 Å². The SMILES string of the molecule is CCc1nc(C)c(CN)o1.Cl.Cl. The van der Waals surface area contributed by atoms with Crippen LogP contribution in [0.25, 0.3) is 0 Å². The maximum absolute atomic E-state index is 5.38. The van der Waals surface area contributed by atoms with E-state index in [0.29, 0.717) is 6.54 Å². The van der Waals surface area contributed by atoms with Gasteiger partial charge in [-0.2, -0.15) is 0 Å². The highest BCUT2D eigenvalue weighted by atomic mass is 35.5. The number of nitrogens with zero attached hydrogens (tertiary/aromatic N) is 1. The van der Waals surface area contributed by atoms with Gasteiger partial charge in [0.25, 0.3) is 0 Å². The average Bonchev–Trinajstić information content (AvgIpc) is 2.30. The molecule has 0 bridgehead atoms. The van der Waals surface area contributed by atoms with Gasteiger partial charge in [0.05, 0.1) is 12.2 Å². The Morgan fingerprint density at radius 1 is 1.42 bits per heavy atom. The van der Waals surface area contributed by atoms with Gasteiger partial charge in [-0.15, -0.1) is 24.8 Å². The van der Waals surface area contributed by atoms with Crippen LogP contribution in [0.2, 0.25) is 0 Å². The number of oxazole rings is 1. The van der Waals surface area contributed by atoms with Crippen LogP contribution in [0, 0.1) is 6.92 Å². The average molecular weight is 213 g/mol. The lowest BCUT2D eigenvalue weighted by atomic mass is 10.4. The molecule has 0 aliphatic heterocycles. The first kappa shape index (κ1) is 14.3. The number of nitrogens with two attached hydrogens (primary N) is 1. The van der Waals surface area contributed by atoms with E-state index in [1.165, 1.54) is 0 Å². The van der Waals surface area contributed by atoms with Crippen LogP contribution in [-0.2, 0) is 13.0 Å². The van der Waals surface area contributed by atoms with E-state index in [1.807, 2.05) is 13.8 Å². The molecule has 2 N–H and O–H groups in total. The number of halogens is 2. The number of hydrogen-bond donors (Lipinski definition) is 1. The van der Waals surface area contributed by atoms with E-state index >= 15 is 0 Å². The van der Waals surface area contributed by atoms with Crippen LogP contribution in [-0.4, -0.2) is 4.98 Å². The summed E-state index contributed by atoms with van der Waals surface area (Å²) in [5, 5.41) is 0. The van der Waals surface area contributed by atoms with Crippen molar-refractivity contribution >= 4 is 24.8 Å². The third-order valence-corrected chi connectivity index (χ3v) is 1.42. The Morgan fingerprint density at radius 2 is 2.00 bits per heavy atom. The van der Waals surface area contributed by atoms with Crippen LogP contribution < -0.4 is 5.73 Å². The predicted octanol–water partition coefficient (Wildman–Crippen LogP) is 1.85. The normalized spacial score (nSPS) is 8.58. The standard InChI is InChI=1S/C7H12N2O.2ClH/c1-3-7-9-5(2)6(4-8)10-7;;/h3-4,8H2,1-2H3;2*1H. The summed E-state index contributed by atoms with van der Waals surface area (Å²) in [5.74, 6) is 1.58. The lowest BCUT2D eigenvalue weighted by Gasteiger charge is -1.86. The van der Waals surface area contributed by atoms with Gasteiger partial charge < -0.3 is 10.2 Å². The molecule has 0 amide bonds. The zero-order valence-corrected chi connectivity index (χ0v) is 8.80. The predicted molar refractivity (Wildman–Crippen MR) is 53.0 cm³/mol. The highest BCUT2D eigenvalue weighted by molar-refractivity contribution is 5.85. The highest BCUT2D eigenvalue weighted by Crippen LogP contribution is 2.08. The lowest BCUT2D eigenvalue weighted by Crippen LogP contribution is -1.95. The van der Waals surface area contributed by atoms with Crippen molar-refractivity contribution < 1.29 is 4.42 Å². The summed E-state index contributed by atoms with van der Waals surface area (Å²) in [5.41, 5.74) is 6.30. The Labute approximate surface area is 84.6 Å². The van der Waals surface area contributed by atoms with Gasteiger partial charge in [-0.3, -0.25) is 0 Å². The Bertz CT molecular complexity index is 225. The van der Waals surface area contributed by atoms with Crippen molar-refractivity contribution in [2.45, 2.75) is 26.8 Å². The van der Waals surface area contributed by atoms with Gasteiger partial charge in [-0.1, -0.05) is 6.92 Å². The number of rotatable bonds is 2. The van der Waals surface area contributed by atoms with Crippen LogP contribution >= 0.6 is 24.8 Å². The fourth-order valence-electron chi connectivity index (χ4n) is 0.829. The second-order valence-electron chi connectivity index (χ2n) is 2.17. The van der Waals surface area contributed by atoms with Gasteiger partial charge in [0, 0.05) is 6.42 Å². The van der Waals surface area contributed by atoms with E-state index in [4.69, 9.17) is 10.2 Å². The van der Waals surface area contributed by atoms with Crippen LogP contribution in [0.3, 0.4) is 0 Å². The molecular formula is C7H14Cl2N2O. The Balaban J connectivity index is 0. The fourth-order valence-corrected chi connectivity index (χ4v) is 0.829. The summed E-state index contributed by atoms with van der Waals surface area (Å²) < 4.78 is 5.28. The molecule has 0 aliphatic carbocycles. The van der Waals surface area contributed by atoms with Gasteiger partial charge >= 0.3 is 0 Å². The van der Waals surface area contributed by atoms with Crippen molar-refractivity contribution in [3.05, 3.63) is 17.3 Å². The van der Waals surface area contributed by atoms with E-state index in [9.17, 15) is 0 Å². The molecule has 0 saturated carbocycles. The van der Waals surface area contributed by atoms with Crippen LogP contribution in [0.5, 0.6) is 0 Å². The second kappa shape index (κ2) is 6.29. The molecule has 0 aromatic carbocycles. The summed E-state index contributed by atoms with van der Waals surface area (Å²) in [4.78, 5) is 4.15. The molecule has 1 heterocycles. The Hall–Kier alpha value is -0.250. The zero-order chi connectivity index (χ0) is 7.56. The molecule has 0 radical (unpaired) electrons. The molecule has 0 atom stereocenters. The summed E-state index contributed by atoms with van der Waals surface area (Å²) in [7, 11) is 0. The van der Waals surface area contributed by atoms with Crippen LogP contribution in [0.1, 0.15) is 24.3 Å². The van der Waals surface area contributed by atoms with Gasteiger partial charge in [0.15, 0.2) is 5.89 Å². The molecule has 0 aliphatic rings. The monoisotopic (exact) mass is 212 g/mol. The van der Waals surface area contributed by atoms with Gasteiger partial charge in [-0.25, -0.2) is 4.98 Å². The molecule has 1 aromatic heterocycles.